The predicted octanol–water partition coefficient (Wildman–Crippen LogP) is 2.72. The summed E-state index contributed by atoms with van der Waals surface area (Å²) in [5.41, 5.74) is 0.590. The van der Waals surface area contributed by atoms with Gasteiger partial charge < -0.3 is 15.4 Å². The van der Waals surface area contributed by atoms with Crippen molar-refractivity contribution >= 4 is 21.8 Å². The molecule has 0 bridgehead atoms. The van der Waals surface area contributed by atoms with E-state index in [2.05, 4.69) is 26.6 Å². The van der Waals surface area contributed by atoms with Gasteiger partial charge in [0.15, 0.2) is 0 Å². The third kappa shape index (κ3) is 4.21. The second-order valence-corrected chi connectivity index (χ2v) is 6.24. The highest BCUT2D eigenvalue weighted by Crippen LogP contribution is 2.25. The van der Waals surface area contributed by atoms with Crippen LogP contribution in [0, 0.1) is 0 Å². The number of hydrogen-bond acceptors (Lipinski definition) is 3. The lowest BCUT2D eigenvalue weighted by Gasteiger charge is -2.24. The average Bonchev–Trinajstić information content (AvgIpc) is 2.39. The maximum absolute atomic E-state index is 12.4. The summed E-state index contributed by atoms with van der Waals surface area (Å²) in [6.45, 7) is 5.77. The number of piperidine rings is 1. The molecule has 1 aromatic rings. The van der Waals surface area contributed by atoms with Crippen LogP contribution in [0.2, 0.25) is 0 Å². The number of nitrogens with one attached hydrogen (secondary N) is 2. The Hall–Kier alpha value is -1.07. The smallest absolute Gasteiger partial charge is 0.255 e. The van der Waals surface area contributed by atoms with Crippen LogP contribution in [0.3, 0.4) is 0 Å². The number of carbonyl (C=O) groups is 1. The molecule has 1 saturated heterocycles. The van der Waals surface area contributed by atoms with Crippen LogP contribution in [0.5, 0.6) is 5.75 Å². The van der Waals surface area contributed by atoms with Crippen molar-refractivity contribution < 1.29 is 9.53 Å². The molecule has 110 valence electrons. The van der Waals surface area contributed by atoms with Crippen LogP contribution >= 0.6 is 15.9 Å². The van der Waals surface area contributed by atoms with Gasteiger partial charge in [0, 0.05) is 17.1 Å². The van der Waals surface area contributed by atoms with E-state index < -0.39 is 0 Å². The number of rotatable bonds is 4. The fraction of sp³-hybridized carbons (Fsp3) is 0.533. The molecule has 1 atom stereocenters. The van der Waals surface area contributed by atoms with Crippen molar-refractivity contribution in [3.63, 3.8) is 0 Å². The maximum Gasteiger partial charge on any atom is 0.255 e. The average molecular weight is 341 g/mol. The maximum atomic E-state index is 12.4. The van der Waals surface area contributed by atoms with Gasteiger partial charge in [0.1, 0.15) is 5.75 Å². The third-order valence-corrected chi connectivity index (χ3v) is 3.68. The fourth-order valence-corrected chi connectivity index (χ4v) is 2.61. The van der Waals surface area contributed by atoms with E-state index in [1.807, 2.05) is 26.0 Å². The van der Waals surface area contributed by atoms with E-state index in [1.54, 1.807) is 6.07 Å². The normalized spacial score (nSPS) is 18.9. The Morgan fingerprint density at radius 3 is 2.95 bits per heavy atom. The first-order valence-electron chi connectivity index (χ1n) is 7.04. The molecule has 2 rings (SSSR count). The number of halogens is 1. The Labute approximate surface area is 128 Å². The van der Waals surface area contributed by atoms with Gasteiger partial charge in [-0.2, -0.15) is 0 Å². The van der Waals surface area contributed by atoms with Gasteiger partial charge in [0.05, 0.1) is 11.7 Å². The molecule has 0 saturated carbocycles. The fourth-order valence-electron chi connectivity index (χ4n) is 2.27. The Bertz CT molecular complexity index is 471. The molecule has 4 nitrogen and oxygen atoms in total. The lowest BCUT2D eigenvalue weighted by Crippen LogP contribution is -2.45. The third-order valence-electron chi connectivity index (χ3n) is 3.18. The van der Waals surface area contributed by atoms with Gasteiger partial charge >= 0.3 is 0 Å². The predicted molar refractivity (Wildman–Crippen MR) is 83.3 cm³/mol. The van der Waals surface area contributed by atoms with E-state index in [0.29, 0.717) is 11.3 Å². The Balaban J connectivity index is 2.11. The second kappa shape index (κ2) is 7.09. The van der Waals surface area contributed by atoms with Crippen molar-refractivity contribution in [3.05, 3.63) is 28.2 Å². The zero-order valence-electron chi connectivity index (χ0n) is 11.9. The SMILES string of the molecule is CC(C)Oc1cc(Br)ccc1C(=O)N[C@H]1CCCNC1. The first-order valence-corrected chi connectivity index (χ1v) is 7.83. The van der Waals surface area contributed by atoms with Crippen molar-refractivity contribution in [2.75, 3.05) is 13.1 Å². The monoisotopic (exact) mass is 340 g/mol. The van der Waals surface area contributed by atoms with E-state index >= 15 is 0 Å². The standard InChI is InChI=1S/C15H21BrN2O2/c1-10(2)20-14-8-11(16)5-6-13(14)15(19)18-12-4-3-7-17-9-12/h5-6,8,10,12,17H,3-4,7,9H2,1-2H3,(H,18,19)/t12-/m0/s1. The molecule has 0 spiro atoms. The minimum absolute atomic E-state index is 0.0344. The number of ether oxygens (including phenoxy) is 1. The summed E-state index contributed by atoms with van der Waals surface area (Å²) < 4.78 is 6.64. The summed E-state index contributed by atoms with van der Waals surface area (Å²) in [7, 11) is 0. The van der Waals surface area contributed by atoms with Crippen LogP contribution in [-0.4, -0.2) is 31.1 Å². The molecule has 0 aliphatic carbocycles. The summed E-state index contributed by atoms with van der Waals surface area (Å²) in [6, 6.07) is 5.70. The van der Waals surface area contributed by atoms with Crippen LogP contribution in [0.15, 0.2) is 22.7 Å². The molecule has 1 fully saturated rings. The molecule has 1 aliphatic heterocycles. The van der Waals surface area contributed by atoms with Crippen LogP contribution in [-0.2, 0) is 0 Å². The van der Waals surface area contributed by atoms with Gasteiger partial charge in [-0.3, -0.25) is 4.79 Å². The molecule has 0 unspecified atom stereocenters. The largest absolute Gasteiger partial charge is 0.490 e. The first-order chi connectivity index (χ1) is 9.56. The van der Waals surface area contributed by atoms with Gasteiger partial charge in [-0.05, 0) is 51.4 Å². The Kier molecular flexibility index (Phi) is 5.43. The van der Waals surface area contributed by atoms with Gasteiger partial charge in [-0.25, -0.2) is 0 Å². The van der Waals surface area contributed by atoms with Crippen molar-refractivity contribution in [1.29, 1.82) is 0 Å². The highest BCUT2D eigenvalue weighted by molar-refractivity contribution is 9.10. The molecule has 1 heterocycles. The topological polar surface area (TPSA) is 50.4 Å². The summed E-state index contributed by atoms with van der Waals surface area (Å²) >= 11 is 3.41. The molecule has 0 aromatic heterocycles. The molecule has 0 radical (unpaired) electrons. The van der Waals surface area contributed by atoms with Crippen LogP contribution in [0.1, 0.15) is 37.0 Å². The number of benzene rings is 1. The van der Waals surface area contributed by atoms with Gasteiger partial charge in [0.2, 0.25) is 0 Å². The summed E-state index contributed by atoms with van der Waals surface area (Å²) in [5.74, 6) is 0.553. The first kappa shape index (κ1) is 15.3. The van der Waals surface area contributed by atoms with Crippen LogP contribution in [0.25, 0.3) is 0 Å². The minimum Gasteiger partial charge on any atom is -0.490 e. The van der Waals surface area contributed by atoms with E-state index in [-0.39, 0.29) is 18.1 Å². The highest BCUT2D eigenvalue weighted by Gasteiger charge is 2.19. The van der Waals surface area contributed by atoms with Crippen LogP contribution in [0.4, 0.5) is 0 Å². The molecule has 1 amide bonds. The molecular weight excluding hydrogens is 320 g/mol. The lowest BCUT2D eigenvalue weighted by molar-refractivity contribution is 0.0925. The van der Waals surface area contributed by atoms with E-state index in [4.69, 9.17) is 4.74 Å². The molecule has 1 aromatic carbocycles. The van der Waals surface area contributed by atoms with E-state index in [9.17, 15) is 4.79 Å². The van der Waals surface area contributed by atoms with Crippen molar-refractivity contribution in [1.82, 2.24) is 10.6 Å². The molecule has 20 heavy (non-hydrogen) atoms. The highest BCUT2D eigenvalue weighted by atomic mass is 79.9. The van der Waals surface area contributed by atoms with Gasteiger partial charge in [-0.15, -0.1) is 0 Å². The molecule has 5 heteroatoms. The number of amides is 1. The van der Waals surface area contributed by atoms with E-state index in [1.165, 1.54) is 0 Å². The zero-order chi connectivity index (χ0) is 14.5. The molecular formula is C15H21BrN2O2. The summed E-state index contributed by atoms with van der Waals surface area (Å²) in [5, 5.41) is 6.37. The second-order valence-electron chi connectivity index (χ2n) is 5.32. The summed E-state index contributed by atoms with van der Waals surface area (Å²) in [4.78, 5) is 12.4. The van der Waals surface area contributed by atoms with Crippen molar-refractivity contribution in [2.24, 2.45) is 0 Å². The minimum atomic E-state index is -0.0677. The Morgan fingerprint density at radius 1 is 1.50 bits per heavy atom. The van der Waals surface area contributed by atoms with Crippen molar-refractivity contribution in [3.8, 4) is 5.75 Å². The Morgan fingerprint density at radius 2 is 2.30 bits per heavy atom. The van der Waals surface area contributed by atoms with E-state index in [0.717, 1.165) is 30.4 Å². The quantitative estimate of drug-likeness (QED) is 0.885. The number of carbonyl (C=O) groups excluding carboxylic acids is 1. The van der Waals surface area contributed by atoms with Gasteiger partial charge in [0.25, 0.3) is 5.91 Å². The molecule has 2 N–H and O–H groups in total. The van der Waals surface area contributed by atoms with Gasteiger partial charge in [-0.1, -0.05) is 15.9 Å². The molecule has 1 aliphatic rings. The lowest BCUT2D eigenvalue weighted by atomic mass is 10.1. The van der Waals surface area contributed by atoms with Crippen molar-refractivity contribution in [2.45, 2.75) is 38.8 Å². The van der Waals surface area contributed by atoms with Crippen LogP contribution < -0.4 is 15.4 Å². The summed E-state index contributed by atoms with van der Waals surface area (Å²) in [6.07, 6.45) is 2.16. The zero-order valence-corrected chi connectivity index (χ0v) is 13.5. The number of hydrogen-bond donors (Lipinski definition) is 2.